The number of H-pyrrole nitrogens is 1. The van der Waals surface area contributed by atoms with E-state index in [1.54, 1.807) is 12.0 Å². The van der Waals surface area contributed by atoms with Crippen LogP contribution in [-0.2, 0) is 27.3 Å². The lowest BCUT2D eigenvalue weighted by Crippen LogP contribution is -2.44. The zero-order valence-corrected chi connectivity index (χ0v) is 22.8. The van der Waals surface area contributed by atoms with Crippen molar-refractivity contribution in [2.24, 2.45) is 0 Å². The molecule has 0 unspecified atom stereocenters. The second kappa shape index (κ2) is 15.2. The number of nitrogens with zero attached hydrogens (tertiary/aromatic N) is 2. The van der Waals surface area contributed by atoms with E-state index in [0.717, 1.165) is 36.8 Å². The number of fused-ring (bicyclic) bond motifs is 1. The molecule has 200 valence electrons. The third-order valence-corrected chi connectivity index (χ3v) is 6.91. The molecule has 0 saturated carbocycles. The molecule has 0 saturated heterocycles. The van der Waals surface area contributed by atoms with Gasteiger partial charge in [0.05, 0.1) is 13.2 Å². The van der Waals surface area contributed by atoms with E-state index in [2.05, 4.69) is 55.2 Å². The van der Waals surface area contributed by atoms with Gasteiger partial charge in [0.1, 0.15) is 0 Å². The lowest BCUT2D eigenvalue weighted by atomic mass is 10.1. The van der Waals surface area contributed by atoms with E-state index in [1.807, 2.05) is 23.2 Å². The van der Waals surface area contributed by atoms with Crippen LogP contribution in [0.3, 0.4) is 0 Å². The van der Waals surface area contributed by atoms with Crippen molar-refractivity contribution in [3.8, 4) is 0 Å². The van der Waals surface area contributed by atoms with Gasteiger partial charge in [0.2, 0.25) is 11.8 Å². The van der Waals surface area contributed by atoms with Gasteiger partial charge in [0, 0.05) is 50.3 Å². The zero-order chi connectivity index (χ0) is 26.5. The predicted molar refractivity (Wildman–Crippen MR) is 150 cm³/mol. The minimum absolute atomic E-state index is 0.0316. The standard InChI is InChI=1S/C31H43N3O3/c1-4-5-6-7-8-13-30(35)34(20-21-37-3)24-31(36)33(23-26-16-14-25(2)15-17-26)19-18-27-22-32-29-12-10-9-11-28(27)29/h9-12,14-17,22,32H,4-8,13,18-21,23-24H2,1-3H3. The van der Waals surface area contributed by atoms with Gasteiger partial charge < -0.3 is 19.5 Å². The minimum Gasteiger partial charge on any atom is -0.383 e. The van der Waals surface area contributed by atoms with Crippen LogP contribution in [0.25, 0.3) is 10.9 Å². The van der Waals surface area contributed by atoms with E-state index in [-0.39, 0.29) is 18.4 Å². The van der Waals surface area contributed by atoms with Crippen LogP contribution in [0.1, 0.15) is 62.1 Å². The Labute approximate surface area is 222 Å². The summed E-state index contributed by atoms with van der Waals surface area (Å²) in [7, 11) is 1.63. The Balaban J connectivity index is 1.69. The number of carbonyl (C=O) groups excluding carboxylic acids is 2. The largest absolute Gasteiger partial charge is 0.383 e. The number of hydrogen-bond acceptors (Lipinski definition) is 3. The molecule has 0 fully saturated rings. The highest BCUT2D eigenvalue weighted by molar-refractivity contribution is 5.85. The molecule has 0 radical (unpaired) electrons. The number of para-hydroxylation sites is 1. The van der Waals surface area contributed by atoms with Crippen molar-refractivity contribution in [3.05, 3.63) is 71.4 Å². The number of aryl methyl sites for hydroxylation is 1. The van der Waals surface area contributed by atoms with Crippen LogP contribution >= 0.6 is 0 Å². The fraction of sp³-hybridized carbons (Fsp3) is 0.484. The number of methoxy groups -OCH3 is 1. The van der Waals surface area contributed by atoms with E-state index < -0.39 is 0 Å². The Morgan fingerprint density at radius 1 is 0.892 bits per heavy atom. The molecule has 3 aromatic rings. The first-order valence-electron chi connectivity index (χ1n) is 13.7. The normalized spacial score (nSPS) is 11.1. The molecule has 0 bridgehead atoms. The van der Waals surface area contributed by atoms with Gasteiger partial charge in [-0.15, -0.1) is 0 Å². The van der Waals surface area contributed by atoms with E-state index in [9.17, 15) is 9.59 Å². The highest BCUT2D eigenvalue weighted by Gasteiger charge is 2.22. The molecule has 2 aromatic carbocycles. The van der Waals surface area contributed by atoms with Crippen molar-refractivity contribution < 1.29 is 14.3 Å². The Kier molecular flexibility index (Phi) is 11.7. The highest BCUT2D eigenvalue weighted by atomic mass is 16.5. The third-order valence-electron chi connectivity index (χ3n) is 6.91. The van der Waals surface area contributed by atoms with Crippen LogP contribution in [0.15, 0.2) is 54.7 Å². The summed E-state index contributed by atoms with van der Waals surface area (Å²) in [6.07, 6.45) is 8.70. The number of nitrogens with one attached hydrogen (secondary N) is 1. The molecule has 0 spiro atoms. The molecule has 6 heteroatoms. The van der Waals surface area contributed by atoms with Gasteiger partial charge in [-0.3, -0.25) is 9.59 Å². The summed E-state index contributed by atoms with van der Waals surface area (Å²) in [6.45, 7) is 6.27. The Hall–Kier alpha value is -3.12. The molecule has 1 heterocycles. The second-order valence-electron chi connectivity index (χ2n) is 9.88. The van der Waals surface area contributed by atoms with Crippen LogP contribution in [0.5, 0.6) is 0 Å². The fourth-order valence-corrected chi connectivity index (χ4v) is 4.59. The fourth-order valence-electron chi connectivity index (χ4n) is 4.59. The van der Waals surface area contributed by atoms with Gasteiger partial charge >= 0.3 is 0 Å². The van der Waals surface area contributed by atoms with Crippen molar-refractivity contribution in [1.82, 2.24) is 14.8 Å². The molecule has 2 amide bonds. The number of aromatic amines is 1. The summed E-state index contributed by atoms with van der Waals surface area (Å²) >= 11 is 0. The lowest BCUT2D eigenvalue weighted by Gasteiger charge is -2.28. The van der Waals surface area contributed by atoms with Crippen molar-refractivity contribution in [2.75, 3.05) is 33.4 Å². The minimum atomic E-state index is -0.0316. The van der Waals surface area contributed by atoms with Gasteiger partial charge in [-0.1, -0.05) is 80.6 Å². The number of amides is 2. The number of unbranched alkanes of at least 4 members (excludes halogenated alkanes) is 4. The van der Waals surface area contributed by atoms with Crippen molar-refractivity contribution in [1.29, 1.82) is 0 Å². The van der Waals surface area contributed by atoms with Gasteiger partial charge in [-0.2, -0.15) is 0 Å². The van der Waals surface area contributed by atoms with E-state index >= 15 is 0 Å². The maximum atomic E-state index is 13.6. The lowest BCUT2D eigenvalue weighted by molar-refractivity contribution is -0.141. The number of benzene rings is 2. The molecule has 3 rings (SSSR count). The summed E-state index contributed by atoms with van der Waals surface area (Å²) in [5, 5.41) is 1.19. The first-order valence-corrected chi connectivity index (χ1v) is 13.7. The molecular formula is C31H43N3O3. The molecule has 1 aromatic heterocycles. The van der Waals surface area contributed by atoms with E-state index in [4.69, 9.17) is 4.74 Å². The molecule has 0 aliphatic rings. The Bertz CT molecular complexity index is 1110. The number of ether oxygens (including phenoxy) is 1. The van der Waals surface area contributed by atoms with Gasteiger partial charge in [-0.05, 0) is 37.0 Å². The average molecular weight is 506 g/mol. The van der Waals surface area contributed by atoms with Crippen molar-refractivity contribution >= 4 is 22.7 Å². The average Bonchev–Trinajstić information content (AvgIpc) is 3.32. The number of rotatable bonds is 16. The van der Waals surface area contributed by atoms with Crippen LogP contribution < -0.4 is 0 Å². The predicted octanol–water partition coefficient (Wildman–Crippen LogP) is 5.88. The third kappa shape index (κ3) is 9.04. The van der Waals surface area contributed by atoms with E-state index in [1.165, 1.54) is 29.4 Å². The van der Waals surface area contributed by atoms with E-state index in [0.29, 0.717) is 32.7 Å². The summed E-state index contributed by atoms with van der Waals surface area (Å²) in [5.41, 5.74) is 4.57. The second-order valence-corrected chi connectivity index (χ2v) is 9.88. The summed E-state index contributed by atoms with van der Waals surface area (Å²) < 4.78 is 5.24. The van der Waals surface area contributed by atoms with Gasteiger partial charge in [0.25, 0.3) is 0 Å². The Morgan fingerprint density at radius 3 is 2.41 bits per heavy atom. The first kappa shape index (κ1) is 28.5. The molecule has 1 N–H and O–H groups in total. The van der Waals surface area contributed by atoms with Crippen LogP contribution in [0, 0.1) is 6.92 Å². The van der Waals surface area contributed by atoms with Crippen LogP contribution in [-0.4, -0.2) is 59.9 Å². The number of aromatic nitrogens is 1. The maximum absolute atomic E-state index is 13.6. The topological polar surface area (TPSA) is 65.6 Å². The zero-order valence-electron chi connectivity index (χ0n) is 22.8. The Morgan fingerprint density at radius 2 is 1.65 bits per heavy atom. The summed E-state index contributed by atoms with van der Waals surface area (Å²) in [5.74, 6) is 0.00432. The van der Waals surface area contributed by atoms with Gasteiger partial charge in [-0.25, -0.2) is 0 Å². The molecule has 37 heavy (non-hydrogen) atoms. The first-order chi connectivity index (χ1) is 18.0. The van der Waals surface area contributed by atoms with Crippen molar-refractivity contribution in [2.45, 2.75) is 65.3 Å². The summed E-state index contributed by atoms with van der Waals surface area (Å²) in [4.78, 5) is 33.5. The smallest absolute Gasteiger partial charge is 0.242 e. The number of hydrogen-bond donors (Lipinski definition) is 1. The number of carbonyl (C=O) groups is 2. The van der Waals surface area contributed by atoms with Crippen molar-refractivity contribution in [3.63, 3.8) is 0 Å². The molecule has 6 nitrogen and oxygen atoms in total. The molecule has 0 atom stereocenters. The SMILES string of the molecule is CCCCCCCC(=O)N(CCOC)CC(=O)N(CCc1c[nH]c2ccccc12)Cc1ccc(C)cc1. The monoisotopic (exact) mass is 505 g/mol. The molecule has 0 aliphatic carbocycles. The summed E-state index contributed by atoms with van der Waals surface area (Å²) in [6, 6.07) is 16.5. The molecular weight excluding hydrogens is 462 g/mol. The highest BCUT2D eigenvalue weighted by Crippen LogP contribution is 2.19. The quantitative estimate of drug-likeness (QED) is 0.247. The van der Waals surface area contributed by atoms with Gasteiger partial charge in [0.15, 0.2) is 0 Å². The maximum Gasteiger partial charge on any atom is 0.242 e. The molecule has 0 aliphatic heterocycles. The van der Waals surface area contributed by atoms with Crippen LogP contribution in [0.2, 0.25) is 0 Å². The van der Waals surface area contributed by atoms with Crippen LogP contribution in [0.4, 0.5) is 0 Å².